The van der Waals surface area contributed by atoms with Crippen LogP contribution in [0.2, 0.25) is 0 Å². The van der Waals surface area contributed by atoms with Crippen molar-refractivity contribution < 1.29 is 8.42 Å². The molecule has 2 heterocycles. The van der Waals surface area contributed by atoms with Crippen molar-refractivity contribution in [2.24, 2.45) is 0 Å². The number of sulfonamides is 1. The zero-order valence-corrected chi connectivity index (χ0v) is 10.8. The van der Waals surface area contributed by atoms with Crippen molar-refractivity contribution in [2.45, 2.75) is 24.6 Å². The van der Waals surface area contributed by atoms with Crippen molar-refractivity contribution in [1.82, 2.24) is 14.5 Å². The van der Waals surface area contributed by atoms with Gasteiger partial charge in [0.15, 0.2) is 0 Å². The third-order valence-electron chi connectivity index (χ3n) is 3.54. The highest BCUT2D eigenvalue weighted by Crippen LogP contribution is 2.21. The molecule has 0 saturated carbocycles. The molecule has 0 radical (unpaired) electrons. The van der Waals surface area contributed by atoms with Gasteiger partial charge in [-0.25, -0.2) is 8.42 Å². The minimum Gasteiger partial charge on any atom is -0.314 e. The van der Waals surface area contributed by atoms with Crippen molar-refractivity contribution in [3.63, 3.8) is 0 Å². The summed E-state index contributed by atoms with van der Waals surface area (Å²) < 4.78 is 26.5. The predicted octanol–water partition coefficient (Wildman–Crippen LogP) is -0.686. The summed E-state index contributed by atoms with van der Waals surface area (Å²) in [5.74, 6) is 0. The van der Waals surface area contributed by atoms with Crippen LogP contribution in [-0.2, 0) is 10.0 Å². The fraction of sp³-hybridized carbons (Fsp3) is 1.00. The highest BCUT2D eigenvalue weighted by molar-refractivity contribution is 7.89. The Labute approximate surface area is 97.8 Å². The second-order valence-electron chi connectivity index (χ2n) is 4.88. The van der Waals surface area contributed by atoms with E-state index in [1.807, 2.05) is 14.0 Å². The normalized spacial score (nSPS) is 34.4. The Balaban J connectivity index is 2.11. The Bertz CT molecular complexity index is 344. The molecule has 0 aromatic carbocycles. The van der Waals surface area contributed by atoms with Crippen LogP contribution >= 0.6 is 0 Å². The Kier molecular flexibility index (Phi) is 3.53. The van der Waals surface area contributed by atoms with Gasteiger partial charge in [0.1, 0.15) is 0 Å². The minimum absolute atomic E-state index is 0.0876. The first-order valence-corrected chi connectivity index (χ1v) is 7.42. The maximum Gasteiger partial charge on any atom is 0.218 e. The summed E-state index contributed by atoms with van der Waals surface area (Å²) in [5, 5.41) is 3.02. The highest BCUT2D eigenvalue weighted by atomic mass is 32.2. The lowest BCUT2D eigenvalue weighted by Gasteiger charge is -2.34. The van der Waals surface area contributed by atoms with Crippen LogP contribution in [-0.4, -0.2) is 68.7 Å². The lowest BCUT2D eigenvalue weighted by Crippen LogP contribution is -2.54. The van der Waals surface area contributed by atoms with Gasteiger partial charge in [-0.2, -0.15) is 4.31 Å². The lowest BCUT2D eigenvalue weighted by atomic mass is 10.3. The van der Waals surface area contributed by atoms with E-state index in [0.717, 1.165) is 26.1 Å². The van der Waals surface area contributed by atoms with Crippen LogP contribution in [0.3, 0.4) is 0 Å². The van der Waals surface area contributed by atoms with Crippen LogP contribution in [0.25, 0.3) is 0 Å². The predicted molar refractivity (Wildman–Crippen MR) is 63.9 cm³/mol. The van der Waals surface area contributed by atoms with E-state index in [0.29, 0.717) is 13.1 Å². The van der Waals surface area contributed by atoms with Gasteiger partial charge in [-0.3, -0.25) is 0 Å². The smallest absolute Gasteiger partial charge is 0.218 e. The molecule has 2 fully saturated rings. The SMILES string of the molecule is CC1CNCCN1S(=O)(=O)C1CCN(C)C1. The number of rotatable bonds is 2. The lowest BCUT2D eigenvalue weighted by molar-refractivity contribution is 0.280. The second kappa shape index (κ2) is 4.60. The topological polar surface area (TPSA) is 52.7 Å². The summed E-state index contributed by atoms with van der Waals surface area (Å²) in [7, 11) is -1.11. The summed E-state index contributed by atoms with van der Waals surface area (Å²) in [6, 6.07) is 0.0876. The molecular formula is C10H21N3O2S. The maximum absolute atomic E-state index is 12.4. The molecule has 0 amide bonds. The number of nitrogens with one attached hydrogen (secondary N) is 1. The summed E-state index contributed by atoms with van der Waals surface area (Å²) in [6.07, 6.45) is 0.773. The van der Waals surface area contributed by atoms with Gasteiger partial charge in [0, 0.05) is 32.2 Å². The van der Waals surface area contributed by atoms with Gasteiger partial charge in [-0.15, -0.1) is 0 Å². The first kappa shape index (κ1) is 12.3. The molecule has 0 bridgehead atoms. The molecule has 0 aliphatic carbocycles. The zero-order chi connectivity index (χ0) is 11.8. The first-order chi connectivity index (χ1) is 7.51. The molecule has 94 valence electrons. The van der Waals surface area contributed by atoms with Crippen LogP contribution in [0.15, 0.2) is 0 Å². The van der Waals surface area contributed by atoms with Crippen LogP contribution < -0.4 is 5.32 Å². The standard InChI is InChI=1S/C10H21N3O2S/c1-9-7-11-4-6-13(9)16(14,15)10-3-5-12(2)8-10/h9-11H,3-8H2,1-2H3. The molecule has 2 atom stereocenters. The first-order valence-electron chi connectivity index (χ1n) is 5.91. The van der Waals surface area contributed by atoms with E-state index in [9.17, 15) is 8.42 Å². The van der Waals surface area contributed by atoms with E-state index in [1.54, 1.807) is 4.31 Å². The fourth-order valence-corrected chi connectivity index (χ4v) is 4.68. The number of likely N-dealkylation sites (tertiary alicyclic amines) is 1. The second-order valence-corrected chi connectivity index (χ2v) is 7.05. The van der Waals surface area contributed by atoms with Crippen LogP contribution in [0.4, 0.5) is 0 Å². The molecule has 16 heavy (non-hydrogen) atoms. The van der Waals surface area contributed by atoms with E-state index >= 15 is 0 Å². The number of hydrogen-bond donors (Lipinski definition) is 1. The van der Waals surface area contributed by atoms with Gasteiger partial charge < -0.3 is 10.2 Å². The van der Waals surface area contributed by atoms with Crippen LogP contribution in [0.5, 0.6) is 0 Å². The number of hydrogen-bond acceptors (Lipinski definition) is 4. The number of piperazine rings is 1. The molecule has 2 aliphatic rings. The van der Waals surface area contributed by atoms with Gasteiger partial charge in [-0.05, 0) is 26.9 Å². The van der Waals surface area contributed by atoms with E-state index in [1.165, 1.54) is 0 Å². The third kappa shape index (κ3) is 2.25. The van der Waals surface area contributed by atoms with Crippen molar-refractivity contribution in [3.8, 4) is 0 Å². The monoisotopic (exact) mass is 247 g/mol. The molecule has 1 N–H and O–H groups in total. The maximum atomic E-state index is 12.4. The molecular weight excluding hydrogens is 226 g/mol. The van der Waals surface area contributed by atoms with Gasteiger partial charge in [0.2, 0.25) is 10.0 Å². The fourth-order valence-electron chi connectivity index (χ4n) is 2.53. The van der Waals surface area contributed by atoms with Crippen molar-refractivity contribution >= 4 is 10.0 Å². The average molecular weight is 247 g/mol. The average Bonchev–Trinajstić information content (AvgIpc) is 2.66. The largest absolute Gasteiger partial charge is 0.314 e. The summed E-state index contributed by atoms with van der Waals surface area (Å²) in [5.41, 5.74) is 0. The van der Waals surface area contributed by atoms with Crippen molar-refractivity contribution in [1.29, 1.82) is 0 Å². The molecule has 2 aliphatic heterocycles. The van der Waals surface area contributed by atoms with Gasteiger partial charge in [-0.1, -0.05) is 0 Å². The van der Waals surface area contributed by atoms with Crippen molar-refractivity contribution in [3.05, 3.63) is 0 Å². The van der Waals surface area contributed by atoms with Gasteiger partial charge in [0.25, 0.3) is 0 Å². The Morgan fingerprint density at radius 1 is 1.31 bits per heavy atom. The Morgan fingerprint density at radius 2 is 2.06 bits per heavy atom. The van der Waals surface area contributed by atoms with Gasteiger partial charge in [0.05, 0.1) is 5.25 Å². The minimum atomic E-state index is -3.09. The summed E-state index contributed by atoms with van der Waals surface area (Å²) >= 11 is 0. The molecule has 6 heteroatoms. The zero-order valence-electron chi connectivity index (χ0n) is 10.0. The quantitative estimate of drug-likeness (QED) is 0.702. The number of nitrogens with zero attached hydrogens (tertiary/aromatic N) is 2. The van der Waals surface area contributed by atoms with Crippen molar-refractivity contribution in [2.75, 3.05) is 39.8 Å². The summed E-state index contributed by atoms with van der Waals surface area (Å²) in [4.78, 5) is 2.09. The van der Waals surface area contributed by atoms with Gasteiger partial charge >= 0.3 is 0 Å². The molecule has 2 unspecified atom stereocenters. The van der Waals surface area contributed by atoms with E-state index < -0.39 is 10.0 Å². The van der Waals surface area contributed by atoms with E-state index in [2.05, 4.69) is 10.2 Å². The van der Waals surface area contributed by atoms with Crippen LogP contribution in [0.1, 0.15) is 13.3 Å². The molecule has 0 aromatic rings. The molecule has 0 spiro atoms. The van der Waals surface area contributed by atoms with E-state index in [-0.39, 0.29) is 11.3 Å². The van der Waals surface area contributed by atoms with E-state index in [4.69, 9.17) is 0 Å². The molecule has 2 saturated heterocycles. The molecule has 2 rings (SSSR count). The molecule has 5 nitrogen and oxygen atoms in total. The third-order valence-corrected chi connectivity index (χ3v) is 5.96. The Morgan fingerprint density at radius 3 is 2.62 bits per heavy atom. The molecule has 0 aromatic heterocycles. The highest BCUT2D eigenvalue weighted by Gasteiger charge is 2.38. The van der Waals surface area contributed by atoms with Crippen LogP contribution in [0, 0.1) is 0 Å². The summed E-state index contributed by atoms with van der Waals surface area (Å²) in [6.45, 7) is 5.70. The Hall–Kier alpha value is -0.170.